The second kappa shape index (κ2) is 15.0. The first kappa shape index (κ1) is 34.4. The molecule has 0 radical (unpaired) electrons. The molecule has 15 heteroatoms. The Bertz CT molecular complexity index is 1330. The minimum atomic E-state index is -4.04. The molecular formula is C22H32NO11S3+. The third kappa shape index (κ3) is 11.1. The van der Waals surface area contributed by atoms with E-state index in [1.54, 1.807) is 6.07 Å². The van der Waals surface area contributed by atoms with E-state index >= 15 is 0 Å². The van der Waals surface area contributed by atoms with Gasteiger partial charge in [0.2, 0.25) is 5.69 Å². The van der Waals surface area contributed by atoms with Gasteiger partial charge in [-0.1, -0.05) is 13.8 Å². The van der Waals surface area contributed by atoms with E-state index in [-0.39, 0.29) is 23.7 Å². The van der Waals surface area contributed by atoms with Crippen molar-refractivity contribution in [1.29, 1.82) is 0 Å². The fourth-order valence-corrected chi connectivity index (χ4v) is 4.50. The standard InChI is InChI=1S/C22H31NO5S.2O3S/c1-6-9-19(24)16-13-17(20(25)10-7-2)21-18(14-16)23(15(3)22(21,4)5)11-8-12-29(26,27)28;2*1-4(2)3/h13-14H,6-12H2,1-5H3;;/p+1. The fraction of sp³-hybridized carbons (Fsp3) is 0.591. The molecule has 0 saturated heterocycles. The van der Waals surface area contributed by atoms with Crippen molar-refractivity contribution in [2.24, 2.45) is 0 Å². The molecule has 208 valence electrons. The summed E-state index contributed by atoms with van der Waals surface area (Å²) in [7, 11) is -10.3. The molecule has 0 amide bonds. The highest BCUT2D eigenvalue weighted by Crippen LogP contribution is 2.43. The quantitative estimate of drug-likeness (QED) is 0.242. The minimum Gasteiger partial charge on any atom is -0.294 e. The normalized spacial score (nSPS) is 13.5. The van der Waals surface area contributed by atoms with Gasteiger partial charge in [0.05, 0.1) is 16.7 Å². The van der Waals surface area contributed by atoms with Gasteiger partial charge in [-0.25, -0.2) is 0 Å². The molecule has 0 spiro atoms. The summed E-state index contributed by atoms with van der Waals surface area (Å²) in [6.45, 7) is 10.3. The molecule has 1 heterocycles. The maximum atomic E-state index is 12.9. The van der Waals surface area contributed by atoms with Gasteiger partial charge < -0.3 is 0 Å². The molecule has 0 bridgehead atoms. The van der Waals surface area contributed by atoms with Crippen LogP contribution < -0.4 is 0 Å². The maximum absolute atomic E-state index is 12.9. The maximum Gasteiger partial charge on any atom is 0.425 e. The largest absolute Gasteiger partial charge is 0.425 e. The van der Waals surface area contributed by atoms with Gasteiger partial charge in [0, 0.05) is 43.4 Å². The van der Waals surface area contributed by atoms with Crippen LogP contribution in [0, 0.1) is 0 Å². The van der Waals surface area contributed by atoms with E-state index in [9.17, 15) is 18.0 Å². The zero-order valence-corrected chi connectivity index (χ0v) is 23.8. The van der Waals surface area contributed by atoms with Gasteiger partial charge in [0.25, 0.3) is 10.1 Å². The van der Waals surface area contributed by atoms with Crippen LogP contribution in [0.15, 0.2) is 12.1 Å². The summed E-state index contributed by atoms with van der Waals surface area (Å²) >= 11 is 0. The predicted octanol–water partition coefficient (Wildman–Crippen LogP) is 2.32. The molecule has 0 aromatic heterocycles. The van der Waals surface area contributed by atoms with E-state index in [1.807, 2.05) is 45.3 Å². The molecule has 0 saturated carbocycles. The molecule has 37 heavy (non-hydrogen) atoms. The zero-order valence-electron chi connectivity index (χ0n) is 21.3. The van der Waals surface area contributed by atoms with Crippen molar-refractivity contribution in [1.82, 2.24) is 0 Å². The summed E-state index contributed by atoms with van der Waals surface area (Å²) in [5, 5.41) is 0. The number of carbonyl (C=O) groups is 2. The monoisotopic (exact) mass is 582 g/mol. The molecule has 0 aliphatic carbocycles. The number of nitrogens with zero attached hydrogens (tertiary/aromatic N) is 1. The predicted molar refractivity (Wildman–Crippen MR) is 134 cm³/mol. The Balaban J connectivity index is 0.00000142. The SMILES string of the molecule is CCCC(=O)c1cc(C(=O)CCC)c2c(c1)[N+](CCCS(=O)(=O)O)=C(C)C2(C)C.O=S(=O)=O.O=S(=O)=O. The number of rotatable bonds is 10. The molecule has 2 rings (SSSR count). The van der Waals surface area contributed by atoms with E-state index in [0.29, 0.717) is 30.5 Å². The lowest BCUT2D eigenvalue weighted by Crippen LogP contribution is -2.28. The number of hydrogen-bond acceptors (Lipinski definition) is 10. The lowest BCUT2D eigenvalue weighted by molar-refractivity contribution is -0.438. The van der Waals surface area contributed by atoms with Gasteiger partial charge in [0.15, 0.2) is 17.3 Å². The molecule has 1 N–H and O–H groups in total. The molecule has 0 unspecified atom stereocenters. The van der Waals surface area contributed by atoms with Crippen molar-refractivity contribution in [3.05, 3.63) is 28.8 Å². The van der Waals surface area contributed by atoms with E-state index in [1.165, 1.54) is 0 Å². The van der Waals surface area contributed by atoms with E-state index < -0.39 is 36.8 Å². The van der Waals surface area contributed by atoms with Crippen molar-refractivity contribution in [3.8, 4) is 0 Å². The first-order valence-electron chi connectivity index (χ1n) is 11.3. The van der Waals surface area contributed by atoms with E-state index in [4.69, 9.17) is 29.8 Å². The molecular weight excluding hydrogens is 550 g/mol. The number of fused-ring (bicyclic) bond motifs is 1. The number of Topliss-reactive ketones (excluding diaryl/α,β-unsaturated/α-hetero) is 2. The summed E-state index contributed by atoms with van der Waals surface area (Å²) in [5.41, 5.74) is 3.38. The number of carbonyl (C=O) groups excluding carboxylic acids is 2. The third-order valence-corrected chi connectivity index (χ3v) is 6.51. The van der Waals surface area contributed by atoms with Crippen LogP contribution in [-0.4, -0.2) is 72.4 Å². The summed E-state index contributed by atoms with van der Waals surface area (Å²) in [6, 6.07) is 3.58. The second-order valence-corrected chi connectivity index (χ2v) is 11.1. The molecule has 0 fully saturated rings. The summed E-state index contributed by atoms with van der Waals surface area (Å²) in [6.07, 6.45) is 2.52. The average molecular weight is 583 g/mol. The second-order valence-electron chi connectivity index (χ2n) is 8.67. The highest BCUT2D eigenvalue weighted by Gasteiger charge is 2.46. The number of benzene rings is 1. The summed E-state index contributed by atoms with van der Waals surface area (Å²) < 4.78 is 84.0. The number of ketones is 2. The van der Waals surface area contributed by atoms with Crippen LogP contribution in [0.2, 0.25) is 0 Å². The molecule has 1 aliphatic heterocycles. The lowest BCUT2D eigenvalue weighted by Gasteiger charge is -2.19. The lowest BCUT2D eigenvalue weighted by atomic mass is 9.77. The Labute approximate surface area is 219 Å². The smallest absolute Gasteiger partial charge is 0.294 e. The Morgan fingerprint density at radius 3 is 1.81 bits per heavy atom. The first-order valence-corrected chi connectivity index (χ1v) is 14.9. The molecule has 12 nitrogen and oxygen atoms in total. The van der Waals surface area contributed by atoms with Crippen LogP contribution >= 0.6 is 0 Å². The van der Waals surface area contributed by atoms with Crippen molar-refractivity contribution in [3.63, 3.8) is 0 Å². The molecule has 1 aromatic rings. The Morgan fingerprint density at radius 2 is 1.38 bits per heavy atom. The summed E-state index contributed by atoms with van der Waals surface area (Å²) in [4.78, 5) is 25.6. The van der Waals surface area contributed by atoms with Crippen molar-refractivity contribution in [2.75, 3.05) is 12.3 Å². The summed E-state index contributed by atoms with van der Waals surface area (Å²) in [5.74, 6) is -0.306. The highest BCUT2D eigenvalue weighted by atomic mass is 32.2. The first-order chi connectivity index (χ1) is 16.9. The molecule has 1 aliphatic rings. The van der Waals surface area contributed by atoms with Crippen LogP contribution in [0.3, 0.4) is 0 Å². The average Bonchev–Trinajstić information content (AvgIpc) is 2.92. The minimum absolute atomic E-state index is 0.00101. The zero-order chi connectivity index (χ0) is 29.1. The van der Waals surface area contributed by atoms with Crippen LogP contribution in [0.25, 0.3) is 0 Å². The molecule has 1 aromatic carbocycles. The number of hydrogen-bond donors (Lipinski definition) is 1. The van der Waals surface area contributed by atoms with Crippen molar-refractivity contribution >= 4 is 54.3 Å². The third-order valence-electron chi connectivity index (χ3n) is 5.70. The van der Waals surface area contributed by atoms with Crippen LogP contribution in [-0.2, 0) is 36.8 Å². The fourth-order valence-electron chi connectivity index (χ4n) is 4.00. The van der Waals surface area contributed by atoms with Crippen LogP contribution in [0.5, 0.6) is 0 Å². The van der Waals surface area contributed by atoms with Gasteiger partial charge in [-0.3, -0.25) is 14.1 Å². The Hall–Kier alpha value is -2.62. The van der Waals surface area contributed by atoms with E-state index in [2.05, 4.69) is 0 Å². The van der Waals surface area contributed by atoms with Crippen molar-refractivity contribution in [2.45, 2.75) is 72.1 Å². The van der Waals surface area contributed by atoms with Gasteiger partial charge >= 0.3 is 21.2 Å². The topological polar surface area (TPSA) is 194 Å². The van der Waals surface area contributed by atoms with Gasteiger partial charge in [-0.05, 0) is 32.8 Å². The van der Waals surface area contributed by atoms with Gasteiger partial charge in [0.1, 0.15) is 6.54 Å². The van der Waals surface area contributed by atoms with Gasteiger partial charge in [-0.15, -0.1) is 25.3 Å². The highest BCUT2D eigenvalue weighted by molar-refractivity contribution is 7.85. The van der Waals surface area contributed by atoms with E-state index in [0.717, 1.165) is 29.8 Å². The molecule has 0 atom stereocenters. The van der Waals surface area contributed by atoms with Gasteiger partial charge in [-0.2, -0.15) is 13.0 Å². The van der Waals surface area contributed by atoms with Crippen LogP contribution in [0.1, 0.15) is 93.0 Å². The Kier molecular flexibility index (Phi) is 13.9. The van der Waals surface area contributed by atoms with Crippen LogP contribution in [0.4, 0.5) is 5.69 Å². The van der Waals surface area contributed by atoms with Crippen molar-refractivity contribution < 1.29 is 52.4 Å². The Morgan fingerprint density at radius 1 is 0.919 bits per heavy atom.